The third-order valence-corrected chi connectivity index (χ3v) is 5.73. The van der Waals surface area contributed by atoms with Crippen LogP contribution in [0, 0.1) is 0 Å². The lowest BCUT2D eigenvalue weighted by atomic mass is 9.91. The molecule has 1 fully saturated rings. The Balaban J connectivity index is 1.53. The van der Waals surface area contributed by atoms with Gasteiger partial charge in [0.15, 0.2) is 0 Å². The number of benzene rings is 2. The van der Waals surface area contributed by atoms with Gasteiger partial charge in [0.2, 0.25) is 6.10 Å². The first kappa shape index (κ1) is 22.8. The van der Waals surface area contributed by atoms with Gasteiger partial charge < -0.3 is 14.3 Å². The summed E-state index contributed by atoms with van der Waals surface area (Å²) in [5.41, 5.74) is 1.19. The summed E-state index contributed by atoms with van der Waals surface area (Å²) in [4.78, 5) is 32.9. The number of carbonyl (C=O) groups is 2. The maximum atomic E-state index is 13.4. The van der Waals surface area contributed by atoms with Gasteiger partial charge in [-0.3, -0.25) is 4.79 Å². The van der Waals surface area contributed by atoms with Crippen LogP contribution in [0.1, 0.15) is 52.2 Å². The summed E-state index contributed by atoms with van der Waals surface area (Å²) in [5, 5.41) is 4.18. The van der Waals surface area contributed by atoms with Gasteiger partial charge in [0.05, 0.1) is 11.8 Å². The lowest BCUT2D eigenvalue weighted by Crippen LogP contribution is -2.49. The predicted octanol–water partition coefficient (Wildman–Crippen LogP) is 4.73. The summed E-state index contributed by atoms with van der Waals surface area (Å²) in [7, 11) is 0. The van der Waals surface area contributed by atoms with E-state index in [4.69, 9.17) is 14.3 Å². The Morgan fingerprint density at radius 1 is 1.12 bits per heavy atom. The van der Waals surface area contributed by atoms with Crippen LogP contribution in [0.5, 0.6) is 5.75 Å². The smallest absolute Gasteiger partial charge is 0.417 e. The second-order valence-corrected chi connectivity index (χ2v) is 9.93. The fourth-order valence-electron chi connectivity index (χ4n) is 4.15. The normalized spacial score (nSPS) is 21.9. The van der Waals surface area contributed by atoms with Crippen molar-refractivity contribution < 1.29 is 23.9 Å². The van der Waals surface area contributed by atoms with E-state index in [0.717, 1.165) is 11.1 Å². The third kappa shape index (κ3) is 4.87. The van der Waals surface area contributed by atoms with Gasteiger partial charge >= 0.3 is 6.09 Å². The average Bonchev–Trinajstić information content (AvgIpc) is 3.30. The van der Waals surface area contributed by atoms with E-state index in [1.165, 1.54) is 4.90 Å². The van der Waals surface area contributed by atoms with E-state index in [0.29, 0.717) is 17.9 Å². The van der Waals surface area contributed by atoms with Crippen LogP contribution in [-0.2, 0) is 20.8 Å². The quantitative estimate of drug-likeness (QED) is 0.658. The van der Waals surface area contributed by atoms with Crippen LogP contribution in [0.2, 0.25) is 0 Å². The highest BCUT2D eigenvalue weighted by atomic mass is 16.6. The number of oxime groups is 1. The highest BCUT2D eigenvalue weighted by Gasteiger charge is 2.52. The van der Waals surface area contributed by atoms with E-state index in [-0.39, 0.29) is 12.0 Å². The van der Waals surface area contributed by atoms with Crippen molar-refractivity contribution >= 4 is 17.7 Å². The molecule has 33 heavy (non-hydrogen) atoms. The molecular formula is C26H30N2O5. The zero-order valence-electron chi connectivity index (χ0n) is 19.7. The molecule has 0 aromatic heterocycles. The average molecular weight is 451 g/mol. The summed E-state index contributed by atoms with van der Waals surface area (Å²) in [6.07, 6.45) is -0.818. The first-order valence-corrected chi connectivity index (χ1v) is 11.2. The number of amides is 2. The SMILES string of the molecule is CC(C)(C)Oc1ccccc1C1=NO[C@H](C(=O)N2C(=O)OC(C)(C)[C@@H]2Cc2ccccc2)C1. The van der Waals surface area contributed by atoms with Crippen molar-refractivity contribution in [3.63, 3.8) is 0 Å². The lowest BCUT2D eigenvalue weighted by molar-refractivity contribution is -0.140. The maximum Gasteiger partial charge on any atom is 0.417 e. The van der Waals surface area contributed by atoms with Crippen LogP contribution in [0.4, 0.5) is 4.79 Å². The topological polar surface area (TPSA) is 77.4 Å². The minimum atomic E-state index is -0.901. The van der Waals surface area contributed by atoms with Gasteiger partial charge in [-0.1, -0.05) is 47.6 Å². The molecular weight excluding hydrogens is 420 g/mol. The molecule has 0 spiro atoms. The Morgan fingerprint density at radius 3 is 2.48 bits per heavy atom. The van der Waals surface area contributed by atoms with E-state index in [2.05, 4.69) is 5.16 Å². The first-order chi connectivity index (χ1) is 15.5. The van der Waals surface area contributed by atoms with Crippen molar-refractivity contribution in [1.82, 2.24) is 4.90 Å². The molecule has 2 amide bonds. The number of rotatable bonds is 5. The molecule has 0 bridgehead atoms. The molecule has 4 rings (SSSR count). The lowest BCUT2D eigenvalue weighted by Gasteiger charge is -2.28. The Hall–Kier alpha value is -3.35. The van der Waals surface area contributed by atoms with Crippen LogP contribution >= 0.6 is 0 Å². The van der Waals surface area contributed by atoms with Crippen LogP contribution in [0.25, 0.3) is 0 Å². The molecule has 2 aromatic carbocycles. The van der Waals surface area contributed by atoms with Crippen molar-refractivity contribution in [2.24, 2.45) is 5.16 Å². The number of nitrogens with zero attached hydrogens (tertiary/aromatic N) is 2. The molecule has 2 aromatic rings. The van der Waals surface area contributed by atoms with E-state index in [9.17, 15) is 9.59 Å². The van der Waals surface area contributed by atoms with Crippen molar-refractivity contribution in [2.75, 3.05) is 0 Å². The number of carbonyl (C=O) groups excluding carboxylic acids is 2. The minimum Gasteiger partial charge on any atom is -0.487 e. The molecule has 0 unspecified atom stereocenters. The monoisotopic (exact) mass is 450 g/mol. The van der Waals surface area contributed by atoms with Crippen LogP contribution in [-0.4, -0.2) is 46.0 Å². The van der Waals surface area contributed by atoms with Crippen LogP contribution in [0.15, 0.2) is 59.8 Å². The number of ether oxygens (including phenoxy) is 2. The summed E-state index contributed by atoms with van der Waals surface area (Å²) in [6, 6.07) is 16.8. The first-order valence-electron chi connectivity index (χ1n) is 11.2. The molecule has 7 nitrogen and oxygen atoms in total. The van der Waals surface area contributed by atoms with Crippen molar-refractivity contribution in [1.29, 1.82) is 0 Å². The Labute approximate surface area is 194 Å². The Kier molecular flexibility index (Phi) is 5.91. The van der Waals surface area contributed by atoms with Crippen molar-refractivity contribution in [3.8, 4) is 5.75 Å². The highest BCUT2D eigenvalue weighted by molar-refractivity contribution is 6.07. The minimum absolute atomic E-state index is 0.242. The fraction of sp³-hybridized carbons (Fsp3) is 0.423. The van der Waals surface area contributed by atoms with Gasteiger partial charge in [0.25, 0.3) is 5.91 Å². The van der Waals surface area contributed by atoms with Gasteiger partial charge in [-0.05, 0) is 58.7 Å². The van der Waals surface area contributed by atoms with Crippen LogP contribution in [0.3, 0.4) is 0 Å². The fourth-order valence-corrected chi connectivity index (χ4v) is 4.15. The van der Waals surface area contributed by atoms with Crippen LogP contribution < -0.4 is 4.74 Å². The van der Waals surface area contributed by atoms with E-state index in [1.807, 2.05) is 89.2 Å². The standard InChI is InChI=1S/C26H30N2O5/c1-25(2,3)31-20-14-10-9-13-18(20)19-16-21(33-27-19)23(29)28-22(26(4,5)32-24(28)30)15-17-11-7-6-8-12-17/h6-14,21-22H,15-16H2,1-5H3/t21-,22-/m0/s1. The van der Waals surface area contributed by atoms with Gasteiger partial charge in [-0.15, -0.1) is 0 Å². The maximum absolute atomic E-state index is 13.4. The second-order valence-electron chi connectivity index (χ2n) is 9.93. The second kappa shape index (κ2) is 8.54. The number of para-hydroxylation sites is 1. The van der Waals surface area contributed by atoms with Gasteiger partial charge in [0, 0.05) is 12.0 Å². The molecule has 0 radical (unpaired) electrons. The van der Waals surface area contributed by atoms with Crippen molar-refractivity contribution in [2.45, 2.75) is 70.8 Å². The molecule has 0 N–H and O–H groups in total. The van der Waals surface area contributed by atoms with E-state index in [1.54, 1.807) is 0 Å². The summed E-state index contributed by atoms with van der Waals surface area (Å²) < 4.78 is 11.6. The van der Waals surface area contributed by atoms with Crippen molar-refractivity contribution in [3.05, 3.63) is 65.7 Å². The van der Waals surface area contributed by atoms with Gasteiger partial charge in [0.1, 0.15) is 17.0 Å². The summed E-state index contributed by atoms with van der Waals surface area (Å²) in [5.74, 6) is 0.226. The Bertz CT molecular complexity index is 1070. The molecule has 7 heteroatoms. The van der Waals surface area contributed by atoms with E-state index < -0.39 is 29.7 Å². The molecule has 0 aliphatic carbocycles. The van der Waals surface area contributed by atoms with Gasteiger partial charge in [-0.25, -0.2) is 9.69 Å². The third-order valence-electron chi connectivity index (χ3n) is 5.73. The molecule has 174 valence electrons. The highest BCUT2D eigenvalue weighted by Crippen LogP contribution is 2.34. The predicted molar refractivity (Wildman–Crippen MR) is 124 cm³/mol. The van der Waals surface area contributed by atoms with E-state index >= 15 is 0 Å². The molecule has 1 saturated heterocycles. The molecule has 2 atom stereocenters. The molecule has 2 aliphatic rings. The molecule has 0 saturated carbocycles. The summed E-state index contributed by atoms with van der Waals surface area (Å²) in [6.45, 7) is 9.55. The zero-order chi connectivity index (χ0) is 23.8. The molecule has 2 heterocycles. The largest absolute Gasteiger partial charge is 0.487 e. The van der Waals surface area contributed by atoms with Gasteiger partial charge in [-0.2, -0.15) is 0 Å². The zero-order valence-corrected chi connectivity index (χ0v) is 19.7. The summed E-state index contributed by atoms with van der Waals surface area (Å²) >= 11 is 0. The Morgan fingerprint density at radius 2 is 1.79 bits per heavy atom. The number of imide groups is 1. The number of cyclic esters (lactones) is 1. The molecule has 2 aliphatic heterocycles. The number of hydrogen-bond donors (Lipinski definition) is 0. The number of hydrogen-bond acceptors (Lipinski definition) is 6.